The van der Waals surface area contributed by atoms with Gasteiger partial charge in [-0.1, -0.05) is 6.07 Å². The van der Waals surface area contributed by atoms with E-state index in [1.165, 1.54) is 17.7 Å². The number of aromatic nitrogens is 3. The zero-order valence-corrected chi connectivity index (χ0v) is 13.5. The first-order valence-corrected chi connectivity index (χ1v) is 8.12. The molecule has 0 radical (unpaired) electrons. The van der Waals surface area contributed by atoms with E-state index < -0.39 is 0 Å². The van der Waals surface area contributed by atoms with E-state index in [1.54, 1.807) is 18.4 Å². The average molecular weight is 326 g/mol. The normalized spacial score (nSPS) is 18.3. The fraction of sp³-hybridized carbons (Fsp3) is 0.333. The van der Waals surface area contributed by atoms with Crippen LogP contribution in [0.3, 0.4) is 0 Å². The SMILES string of the molecule is Cn1cc(C2CCCN2Cc2coc(-c3cccc(F)c3)n2)cn1. The molecule has 0 N–H and O–H groups in total. The Balaban J connectivity index is 1.51. The summed E-state index contributed by atoms with van der Waals surface area (Å²) in [6, 6.07) is 6.67. The molecule has 3 aromatic rings. The number of nitrogens with zero attached hydrogens (tertiary/aromatic N) is 4. The van der Waals surface area contributed by atoms with Crippen molar-refractivity contribution in [2.45, 2.75) is 25.4 Å². The number of hydrogen-bond acceptors (Lipinski definition) is 4. The number of likely N-dealkylation sites (tertiary alicyclic amines) is 1. The molecule has 1 aliphatic heterocycles. The number of aryl methyl sites for hydroxylation is 1. The standard InChI is InChI=1S/C18H19FN4O/c1-22-10-14(9-20-22)17-6-3-7-23(17)11-16-12-24-18(21-16)13-4-2-5-15(19)8-13/h2,4-5,8-10,12,17H,3,6-7,11H2,1H3. The molecule has 1 unspecified atom stereocenters. The minimum atomic E-state index is -0.288. The molecule has 0 saturated carbocycles. The third-order valence-corrected chi connectivity index (χ3v) is 4.46. The summed E-state index contributed by atoms with van der Waals surface area (Å²) in [6.45, 7) is 1.75. The summed E-state index contributed by atoms with van der Waals surface area (Å²) in [5, 5.41) is 4.28. The van der Waals surface area contributed by atoms with Crippen LogP contribution in [0.15, 0.2) is 47.3 Å². The maximum atomic E-state index is 13.3. The number of benzene rings is 1. The van der Waals surface area contributed by atoms with Crippen LogP contribution in [0.1, 0.15) is 30.1 Å². The molecule has 2 aromatic heterocycles. The molecule has 0 aliphatic carbocycles. The molecule has 1 aliphatic rings. The molecule has 5 nitrogen and oxygen atoms in total. The van der Waals surface area contributed by atoms with E-state index in [0.29, 0.717) is 17.5 Å². The van der Waals surface area contributed by atoms with Gasteiger partial charge in [0.05, 0.1) is 11.9 Å². The number of oxazole rings is 1. The topological polar surface area (TPSA) is 47.1 Å². The molecule has 0 amide bonds. The van der Waals surface area contributed by atoms with Crippen LogP contribution >= 0.6 is 0 Å². The van der Waals surface area contributed by atoms with E-state index in [2.05, 4.69) is 21.2 Å². The molecule has 4 rings (SSSR count). The van der Waals surface area contributed by atoms with Crippen LogP contribution in [0, 0.1) is 5.82 Å². The predicted molar refractivity (Wildman–Crippen MR) is 87.5 cm³/mol. The predicted octanol–water partition coefficient (Wildman–Crippen LogP) is 3.55. The zero-order valence-electron chi connectivity index (χ0n) is 13.5. The number of halogens is 1. The molecular weight excluding hydrogens is 307 g/mol. The second kappa shape index (κ2) is 6.20. The van der Waals surface area contributed by atoms with Gasteiger partial charge in [-0.2, -0.15) is 5.10 Å². The van der Waals surface area contributed by atoms with Gasteiger partial charge in [-0.05, 0) is 37.6 Å². The monoisotopic (exact) mass is 326 g/mol. The van der Waals surface area contributed by atoms with Crippen LogP contribution in [0.2, 0.25) is 0 Å². The molecule has 0 spiro atoms. The molecular formula is C18H19FN4O. The van der Waals surface area contributed by atoms with Crippen LogP contribution in [-0.2, 0) is 13.6 Å². The largest absolute Gasteiger partial charge is 0.444 e. The second-order valence-corrected chi connectivity index (χ2v) is 6.23. The van der Waals surface area contributed by atoms with Crippen LogP contribution in [-0.4, -0.2) is 26.2 Å². The van der Waals surface area contributed by atoms with Gasteiger partial charge in [0.1, 0.15) is 12.1 Å². The van der Waals surface area contributed by atoms with Crippen molar-refractivity contribution in [2.75, 3.05) is 6.54 Å². The lowest BCUT2D eigenvalue weighted by Crippen LogP contribution is -2.22. The highest BCUT2D eigenvalue weighted by Gasteiger charge is 2.27. The summed E-state index contributed by atoms with van der Waals surface area (Å²) in [5.74, 6) is 0.171. The Hall–Kier alpha value is -2.47. The lowest BCUT2D eigenvalue weighted by Gasteiger charge is -2.22. The molecule has 24 heavy (non-hydrogen) atoms. The van der Waals surface area contributed by atoms with Gasteiger partial charge in [-0.3, -0.25) is 9.58 Å². The highest BCUT2D eigenvalue weighted by molar-refractivity contribution is 5.52. The average Bonchev–Trinajstić information content (AvgIpc) is 3.28. The van der Waals surface area contributed by atoms with Crippen LogP contribution in [0.4, 0.5) is 4.39 Å². The van der Waals surface area contributed by atoms with Crippen molar-refractivity contribution in [3.8, 4) is 11.5 Å². The van der Waals surface area contributed by atoms with Crippen LogP contribution in [0.5, 0.6) is 0 Å². The minimum Gasteiger partial charge on any atom is -0.444 e. The maximum Gasteiger partial charge on any atom is 0.226 e. The van der Waals surface area contributed by atoms with Crippen molar-refractivity contribution in [1.82, 2.24) is 19.7 Å². The van der Waals surface area contributed by atoms with E-state index in [9.17, 15) is 4.39 Å². The molecule has 3 heterocycles. The van der Waals surface area contributed by atoms with Gasteiger partial charge in [0, 0.05) is 37.0 Å². The molecule has 124 valence electrons. The highest BCUT2D eigenvalue weighted by atomic mass is 19.1. The second-order valence-electron chi connectivity index (χ2n) is 6.23. The van der Waals surface area contributed by atoms with Crippen molar-refractivity contribution in [3.05, 3.63) is 60.0 Å². The summed E-state index contributed by atoms with van der Waals surface area (Å²) >= 11 is 0. The lowest BCUT2D eigenvalue weighted by molar-refractivity contribution is 0.245. The van der Waals surface area contributed by atoms with E-state index in [4.69, 9.17) is 4.42 Å². The van der Waals surface area contributed by atoms with Crippen molar-refractivity contribution in [2.24, 2.45) is 7.05 Å². The van der Waals surface area contributed by atoms with Crippen molar-refractivity contribution >= 4 is 0 Å². The van der Waals surface area contributed by atoms with Gasteiger partial charge < -0.3 is 4.42 Å². The quantitative estimate of drug-likeness (QED) is 0.735. The van der Waals surface area contributed by atoms with Gasteiger partial charge in [0.25, 0.3) is 0 Å². The summed E-state index contributed by atoms with van der Waals surface area (Å²) in [5.41, 5.74) is 2.76. The molecule has 1 aromatic carbocycles. The maximum absolute atomic E-state index is 13.3. The fourth-order valence-corrected chi connectivity index (χ4v) is 3.35. The Morgan fingerprint density at radius 2 is 2.29 bits per heavy atom. The third-order valence-electron chi connectivity index (χ3n) is 4.46. The van der Waals surface area contributed by atoms with Gasteiger partial charge in [-0.25, -0.2) is 9.37 Å². The summed E-state index contributed by atoms with van der Waals surface area (Å²) < 4.78 is 20.7. The van der Waals surface area contributed by atoms with Crippen molar-refractivity contribution in [3.63, 3.8) is 0 Å². The van der Waals surface area contributed by atoms with Gasteiger partial charge >= 0.3 is 0 Å². The van der Waals surface area contributed by atoms with E-state index >= 15 is 0 Å². The van der Waals surface area contributed by atoms with Crippen LogP contribution < -0.4 is 0 Å². The highest BCUT2D eigenvalue weighted by Crippen LogP contribution is 2.33. The lowest BCUT2D eigenvalue weighted by atomic mass is 10.1. The number of hydrogen-bond donors (Lipinski definition) is 0. The first-order valence-electron chi connectivity index (χ1n) is 8.12. The summed E-state index contributed by atoms with van der Waals surface area (Å²) in [7, 11) is 1.94. The first-order chi connectivity index (χ1) is 11.7. The Morgan fingerprint density at radius 1 is 1.38 bits per heavy atom. The van der Waals surface area contributed by atoms with Crippen molar-refractivity contribution in [1.29, 1.82) is 0 Å². The number of rotatable bonds is 4. The first kappa shape index (κ1) is 15.1. The Bertz CT molecular complexity index is 841. The molecule has 6 heteroatoms. The van der Waals surface area contributed by atoms with Gasteiger partial charge in [0.15, 0.2) is 0 Å². The van der Waals surface area contributed by atoms with E-state index in [1.807, 2.05) is 17.9 Å². The smallest absolute Gasteiger partial charge is 0.226 e. The van der Waals surface area contributed by atoms with Gasteiger partial charge in [-0.15, -0.1) is 0 Å². The Morgan fingerprint density at radius 3 is 3.08 bits per heavy atom. The Kier molecular flexibility index (Phi) is 3.90. The fourth-order valence-electron chi connectivity index (χ4n) is 3.35. The Labute approximate surface area is 139 Å². The summed E-state index contributed by atoms with van der Waals surface area (Å²) in [6.07, 6.45) is 7.96. The van der Waals surface area contributed by atoms with E-state index in [-0.39, 0.29) is 5.82 Å². The summed E-state index contributed by atoms with van der Waals surface area (Å²) in [4.78, 5) is 6.92. The van der Waals surface area contributed by atoms with Crippen LogP contribution in [0.25, 0.3) is 11.5 Å². The minimum absolute atomic E-state index is 0.288. The van der Waals surface area contributed by atoms with E-state index in [0.717, 1.165) is 31.6 Å². The van der Waals surface area contributed by atoms with Crippen molar-refractivity contribution < 1.29 is 8.81 Å². The molecule has 1 fully saturated rings. The molecule has 0 bridgehead atoms. The molecule has 1 atom stereocenters. The molecule has 1 saturated heterocycles. The van der Waals surface area contributed by atoms with Gasteiger partial charge in [0.2, 0.25) is 5.89 Å². The zero-order chi connectivity index (χ0) is 16.5. The third kappa shape index (κ3) is 2.97.